The molecular weight excluding hydrogens is 570 g/mol. The maximum atomic E-state index is 13.5. The second kappa shape index (κ2) is 10.4. The second-order valence-corrected chi connectivity index (χ2v) is 10.8. The van der Waals surface area contributed by atoms with E-state index in [1.54, 1.807) is 6.20 Å². The summed E-state index contributed by atoms with van der Waals surface area (Å²) in [6, 6.07) is 2.31. The van der Waals surface area contributed by atoms with Gasteiger partial charge in [0.05, 0.1) is 42.1 Å². The Morgan fingerprint density at radius 1 is 1.02 bits per heavy atom. The van der Waals surface area contributed by atoms with Crippen molar-refractivity contribution in [1.82, 2.24) is 19.0 Å². The van der Waals surface area contributed by atoms with Crippen molar-refractivity contribution in [1.29, 1.82) is 0 Å². The number of alkyl halides is 6. The van der Waals surface area contributed by atoms with E-state index < -0.39 is 69.8 Å². The predicted molar refractivity (Wildman–Crippen MR) is 128 cm³/mol. The van der Waals surface area contributed by atoms with Gasteiger partial charge in [0, 0.05) is 19.3 Å². The first-order chi connectivity index (χ1) is 18.5. The molecule has 9 nitrogen and oxygen atoms in total. The summed E-state index contributed by atoms with van der Waals surface area (Å²) in [4.78, 5) is 31.8. The molecule has 1 atom stereocenters. The molecule has 1 amide bonds. The van der Waals surface area contributed by atoms with E-state index in [-0.39, 0.29) is 24.0 Å². The summed E-state index contributed by atoms with van der Waals surface area (Å²) in [5.74, 6) is -0.914. The highest BCUT2D eigenvalue weighted by Crippen LogP contribution is 2.37. The molecule has 0 bridgehead atoms. The van der Waals surface area contributed by atoms with Crippen molar-refractivity contribution in [3.8, 4) is 5.69 Å². The van der Waals surface area contributed by atoms with Crippen LogP contribution in [0.25, 0.3) is 5.69 Å². The molecule has 1 aliphatic heterocycles. The van der Waals surface area contributed by atoms with Crippen LogP contribution in [-0.2, 0) is 46.2 Å². The summed E-state index contributed by atoms with van der Waals surface area (Å²) in [6.07, 6.45) is -5.90. The Bertz CT molecular complexity index is 1580. The highest BCUT2D eigenvalue weighted by molar-refractivity contribution is 7.85. The van der Waals surface area contributed by atoms with Crippen molar-refractivity contribution in [2.45, 2.75) is 44.8 Å². The van der Waals surface area contributed by atoms with E-state index in [1.807, 2.05) is 6.92 Å². The lowest BCUT2D eigenvalue weighted by Crippen LogP contribution is -2.52. The standard InChI is InChI=1S/C24H22F6N4O5S/c1-3-17-10-32(13-31-17)19-4-5-20-22(36)33(18(11-34(20)21(19)35)12-39-40(2,37)38)9-14-6-15(23(25,26)27)8-16(7-14)24(28,29)30/h4-8,10,13,18H,3,9,11-12H2,1-2H3. The quantitative estimate of drug-likeness (QED) is 0.307. The summed E-state index contributed by atoms with van der Waals surface area (Å²) in [6.45, 7) is 0.0650. The maximum absolute atomic E-state index is 13.5. The number of imidazole rings is 1. The third-order valence-electron chi connectivity index (χ3n) is 6.22. The van der Waals surface area contributed by atoms with Crippen LogP contribution in [0.4, 0.5) is 26.3 Å². The molecule has 0 saturated heterocycles. The molecule has 1 aliphatic rings. The van der Waals surface area contributed by atoms with Crippen molar-refractivity contribution in [2.24, 2.45) is 0 Å². The fourth-order valence-corrected chi connectivity index (χ4v) is 4.69. The van der Waals surface area contributed by atoms with Crippen molar-refractivity contribution < 1.29 is 43.7 Å². The molecule has 0 radical (unpaired) electrons. The number of nitrogens with zero attached hydrogens (tertiary/aromatic N) is 4. The van der Waals surface area contributed by atoms with Gasteiger partial charge in [-0.05, 0) is 42.3 Å². The minimum atomic E-state index is -5.11. The maximum Gasteiger partial charge on any atom is 0.416 e. The third-order valence-corrected chi connectivity index (χ3v) is 6.78. The van der Waals surface area contributed by atoms with E-state index in [0.29, 0.717) is 24.2 Å². The molecule has 1 unspecified atom stereocenters. The van der Waals surface area contributed by atoms with Gasteiger partial charge in [-0.25, -0.2) is 4.98 Å². The molecule has 16 heteroatoms. The number of benzene rings is 1. The number of carbonyl (C=O) groups is 1. The largest absolute Gasteiger partial charge is 0.416 e. The topological polar surface area (TPSA) is 103 Å². The van der Waals surface area contributed by atoms with Crippen molar-refractivity contribution >= 4 is 16.0 Å². The zero-order valence-electron chi connectivity index (χ0n) is 21.0. The van der Waals surface area contributed by atoms with Crippen molar-refractivity contribution in [2.75, 3.05) is 12.9 Å². The first-order valence-corrected chi connectivity index (χ1v) is 13.5. The molecule has 1 aromatic carbocycles. The molecule has 0 fully saturated rings. The highest BCUT2D eigenvalue weighted by atomic mass is 32.2. The van der Waals surface area contributed by atoms with Gasteiger partial charge < -0.3 is 9.47 Å². The zero-order chi connectivity index (χ0) is 29.6. The Morgan fingerprint density at radius 3 is 2.17 bits per heavy atom. The molecule has 40 heavy (non-hydrogen) atoms. The molecule has 2 aromatic heterocycles. The van der Waals surface area contributed by atoms with E-state index in [4.69, 9.17) is 4.18 Å². The van der Waals surface area contributed by atoms with E-state index in [1.165, 1.54) is 23.0 Å². The summed E-state index contributed by atoms with van der Waals surface area (Å²) in [5, 5.41) is 0. The number of amides is 1. The first-order valence-electron chi connectivity index (χ1n) is 11.7. The van der Waals surface area contributed by atoms with Gasteiger partial charge in [0.2, 0.25) is 0 Å². The van der Waals surface area contributed by atoms with Gasteiger partial charge in [-0.1, -0.05) is 6.92 Å². The lowest BCUT2D eigenvalue weighted by Gasteiger charge is -2.37. The Hall–Kier alpha value is -3.66. The summed E-state index contributed by atoms with van der Waals surface area (Å²) in [5.41, 5.74) is -3.68. The van der Waals surface area contributed by atoms with E-state index in [9.17, 15) is 44.3 Å². The molecule has 0 N–H and O–H groups in total. The van der Waals surface area contributed by atoms with Crippen LogP contribution in [0.2, 0.25) is 0 Å². The molecular formula is C24H22F6N4O5S. The van der Waals surface area contributed by atoms with E-state index in [2.05, 4.69) is 4.98 Å². The average Bonchev–Trinajstić information content (AvgIpc) is 3.32. The van der Waals surface area contributed by atoms with Gasteiger partial charge in [-0.2, -0.15) is 34.8 Å². The number of hydrogen-bond acceptors (Lipinski definition) is 6. The smallest absolute Gasteiger partial charge is 0.326 e. The number of carbonyl (C=O) groups excluding carboxylic acids is 1. The first kappa shape index (κ1) is 29.3. The molecule has 0 saturated carbocycles. The molecule has 0 spiro atoms. The SMILES string of the molecule is CCc1cn(-c2ccc3n(c2=O)CC(COS(C)(=O)=O)N(Cc2cc(C(F)(F)F)cc(C(F)(F)F)c2)C3=O)cn1. The summed E-state index contributed by atoms with van der Waals surface area (Å²) in [7, 11) is -4.06. The van der Waals surface area contributed by atoms with Crippen LogP contribution in [0.1, 0.15) is 39.8 Å². The van der Waals surface area contributed by atoms with Crippen LogP contribution in [0.5, 0.6) is 0 Å². The number of pyridine rings is 1. The van der Waals surface area contributed by atoms with Crippen LogP contribution >= 0.6 is 0 Å². The van der Waals surface area contributed by atoms with Gasteiger partial charge in [-0.15, -0.1) is 0 Å². The Kier molecular flexibility index (Phi) is 7.62. The minimum absolute atomic E-state index is 0.0395. The number of hydrogen-bond donors (Lipinski definition) is 0. The predicted octanol–water partition coefficient (Wildman–Crippen LogP) is 3.63. The van der Waals surface area contributed by atoms with Crippen LogP contribution in [0, 0.1) is 0 Å². The van der Waals surface area contributed by atoms with E-state index in [0.717, 1.165) is 15.7 Å². The Morgan fingerprint density at radius 2 is 1.65 bits per heavy atom. The van der Waals surface area contributed by atoms with Crippen LogP contribution in [-0.4, -0.2) is 52.2 Å². The van der Waals surface area contributed by atoms with Crippen LogP contribution in [0.15, 0.2) is 47.7 Å². The number of aryl methyl sites for hydroxylation is 1. The highest BCUT2D eigenvalue weighted by Gasteiger charge is 2.39. The number of halogens is 6. The molecule has 0 aliphatic carbocycles. The number of rotatable bonds is 7. The Labute approximate surface area is 223 Å². The summed E-state index contributed by atoms with van der Waals surface area (Å²) >= 11 is 0. The molecule has 4 rings (SSSR count). The minimum Gasteiger partial charge on any atom is -0.326 e. The lowest BCUT2D eigenvalue weighted by molar-refractivity contribution is -0.143. The Balaban J connectivity index is 1.78. The average molecular weight is 593 g/mol. The van der Waals surface area contributed by atoms with Crippen LogP contribution < -0.4 is 5.56 Å². The van der Waals surface area contributed by atoms with Crippen molar-refractivity contribution in [3.63, 3.8) is 0 Å². The van der Waals surface area contributed by atoms with Gasteiger partial charge in [0.25, 0.3) is 21.6 Å². The van der Waals surface area contributed by atoms with Gasteiger partial charge in [0.1, 0.15) is 11.4 Å². The van der Waals surface area contributed by atoms with Gasteiger partial charge in [0.15, 0.2) is 0 Å². The van der Waals surface area contributed by atoms with Gasteiger partial charge in [-0.3, -0.25) is 18.3 Å². The summed E-state index contributed by atoms with van der Waals surface area (Å²) < 4.78 is 111. The fourth-order valence-electron chi connectivity index (χ4n) is 4.28. The number of aromatic nitrogens is 3. The molecule has 3 heterocycles. The van der Waals surface area contributed by atoms with Crippen molar-refractivity contribution in [3.05, 3.63) is 81.3 Å². The zero-order valence-corrected chi connectivity index (χ0v) is 21.8. The third kappa shape index (κ3) is 6.22. The fraction of sp³-hybridized carbons (Fsp3) is 0.375. The van der Waals surface area contributed by atoms with E-state index >= 15 is 0 Å². The molecule has 3 aromatic rings. The van der Waals surface area contributed by atoms with Gasteiger partial charge >= 0.3 is 12.4 Å². The number of fused-ring (bicyclic) bond motifs is 1. The second-order valence-electron chi connectivity index (χ2n) is 9.14. The normalized spacial score (nSPS) is 16.4. The van der Waals surface area contributed by atoms with Crippen LogP contribution in [0.3, 0.4) is 0 Å². The lowest BCUT2D eigenvalue weighted by atomic mass is 10.0. The molecule has 216 valence electrons. The monoisotopic (exact) mass is 592 g/mol.